The molecule has 1 aliphatic rings. The third-order valence-corrected chi connectivity index (χ3v) is 3.98. The molecule has 7 nitrogen and oxygen atoms in total. The number of ether oxygens (including phenoxy) is 1. The summed E-state index contributed by atoms with van der Waals surface area (Å²) < 4.78 is 5.52. The minimum absolute atomic E-state index is 0. The van der Waals surface area contributed by atoms with E-state index in [1.807, 2.05) is 11.8 Å². The van der Waals surface area contributed by atoms with Crippen LogP contribution >= 0.6 is 35.6 Å². The number of rotatable bonds is 6. The number of nitrogens with zero attached hydrogens (tertiary/aromatic N) is 3. The lowest BCUT2D eigenvalue weighted by Gasteiger charge is -2.18. The van der Waals surface area contributed by atoms with E-state index < -0.39 is 0 Å². The van der Waals surface area contributed by atoms with Crippen molar-refractivity contribution >= 4 is 47.4 Å². The number of aliphatic imine (C=N–C) groups is 1. The molecule has 2 rings (SSSR count). The van der Waals surface area contributed by atoms with Gasteiger partial charge in [0.05, 0.1) is 11.6 Å². The molecule has 2 heterocycles. The molecule has 25 heavy (non-hydrogen) atoms. The molecule has 1 fully saturated rings. The van der Waals surface area contributed by atoms with Crippen LogP contribution in [0.15, 0.2) is 23.3 Å². The zero-order valence-corrected chi connectivity index (χ0v) is 17.6. The first kappa shape index (κ1) is 21.8. The van der Waals surface area contributed by atoms with E-state index in [1.165, 1.54) is 0 Å². The SMILES string of the molecule is CCC(=O)N1CCC(NC(=NC)NCCOc2ccc(Cl)cn2)C1.I. The zero-order chi connectivity index (χ0) is 17.4. The fraction of sp³-hybridized carbons (Fsp3) is 0.562. The number of guanidine groups is 1. The van der Waals surface area contributed by atoms with Gasteiger partial charge in [-0.2, -0.15) is 0 Å². The number of pyridine rings is 1. The van der Waals surface area contributed by atoms with Gasteiger partial charge in [0.2, 0.25) is 11.8 Å². The molecular formula is C16H25ClIN5O2. The number of hydrogen-bond donors (Lipinski definition) is 2. The number of nitrogens with one attached hydrogen (secondary N) is 2. The van der Waals surface area contributed by atoms with Crippen LogP contribution in [0.4, 0.5) is 0 Å². The first-order valence-corrected chi connectivity index (χ1v) is 8.49. The lowest BCUT2D eigenvalue weighted by atomic mass is 10.3. The lowest BCUT2D eigenvalue weighted by Crippen LogP contribution is -2.46. The van der Waals surface area contributed by atoms with Crippen LogP contribution in [0.25, 0.3) is 0 Å². The number of carbonyl (C=O) groups is 1. The molecule has 0 radical (unpaired) electrons. The van der Waals surface area contributed by atoms with Gasteiger partial charge in [-0.1, -0.05) is 18.5 Å². The van der Waals surface area contributed by atoms with E-state index in [-0.39, 0.29) is 35.9 Å². The molecule has 0 spiro atoms. The Morgan fingerprint density at radius 3 is 2.96 bits per heavy atom. The van der Waals surface area contributed by atoms with Gasteiger partial charge in [0.15, 0.2) is 5.96 Å². The molecule has 1 atom stereocenters. The number of carbonyl (C=O) groups excluding carboxylic acids is 1. The Balaban J connectivity index is 0.00000312. The van der Waals surface area contributed by atoms with Crippen LogP contribution in [0.1, 0.15) is 19.8 Å². The molecule has 1 aliphatic heterocycles. The summed E-state index contributed by atoms with van der Waals surface area (Å²) in [5.74, 6) is 1.44. The first-order chi connectivity index (χ1) is 11.6. The van der Waals surface area contributed by atoms with Crippen LogP contribution in [0.2, 0.25) is 5.02 Å². The van der Waals surface area contributed by atoms with Crippen LogP contribution in [-0.2, 0) is 4.79 Å². The van der Waals surface area contributed by atoms with Gasteiger partial charge >= 0.3 is 0 Å². The van der Waals surface area contributed by atoms with E-state index in [2.05, 4.69) is 20.6 Å². The Morgan fingerprint density at radius 2 is 2.32 bits per heavy atom. The topological polar surface area (TPSA) is 78.9 Å². The quantitative estimate of drug-likeness (QED) is 0.281. The molecule has 0 aromatic carbocycles. The average molecular weight is 482 g/mol. The van der Waals surface area contributed by atoms with Crippen molar-refractivity contribution in [1.82, 2.24) is 20.5 Å². The second-order valence-corrected chi connectivity index (χ2v) is 5.92. The van der Waals surface area contributed by atoms with E-state index in [1.54, 1.807) is 25.4 Å². The maximum absolute atomic E-state index is 11.7. The summed E-state index contributed by atoms with van der Waals surface area (Å²) in [5.41, 5.74) is 0. The van der Waals surface area contributed by atoms with Crippen molar-refractivity contribution in [1.29, 1.82) is 0 Å². The van der Waals surface area contributed by atoms with Crippen molar-refractivity contribution < 1.29 is 9.53 Å². The average Bonchev–Trinajstić information content (AvgIpc) is 3.07. The lowest BCUT2D eigenvalue weighted by molar-refractivity contribution is -0.129. The number of likely N-dealkylation sites (tertiary alicyclic amines) is 1. The highest BCUT2D eigenvalue weighted by molar-refractivity contribution is 14.0. The second kappa shape index (κ2) is 11.3. The van der Waals surface area contributed by atoms with Gasteiger partial charge in [-0.3, -0.25) is 9.79 Å². The minimum atomic E-state index is 0. The van der Waals surface area contributed by atoms with Crippen molar-refractivity contribution in [3.8, 4) is 5.88 Å². The van der Waals surface area contributed by atoms with Crippen LogP contribution in [0, 0.1) is 0 Å². The van der Waals surface area contributed by atoms with Crippen molar-refractivity contribution in [2.24, 2.45) is 4.99 Å². The van der Waals surface area contributed by atoms with Crippen molar-refractivity contribution in [3.63, 3.8) is 0 Å². The fourth-order valence-corrected chi connectivity index (χ4v) is 2.60. The summed E-state index contributed by atoms with van der Waals surface area (Å²) in [6.07, 6.45) is 3.03. The van der Waals surface area contributed by atoms with Gasteiger partial charge in [-0.25, -0.2) is 4.98 Å². The summed E-state index contributed by atoms with van der Waals surface area (Å²) >= 11 is 5.77. The molecule has 0 bridgehead atoms. The van der Waals surface area contributed by atoms with Gasteiger partial charge < -0.3 is 20.3 Å². The summed E-state index contributed by atoms with van der Waals surface area (Å²) in [6.45, 7) is 4.46. The standard InChI is InChI=1S/C16H24ClN5O2.HI/c1-3-15(23)22-8-6-13(11-22)21-16(18-2)19-7-9-24-14-5-4-12(17)10-20-14;/h4-5,10,13H,3,6-9,11H2,1-2H3,(H2,18,19,21);1H. The number of halogens is 2. The van der Waals surface area contributed by atoms with Crippen molar-refractivity contribution in [2.75, 3.05) is 33.3 Å². The number of hydrogen-bond acceptors (Lipinski definition) is 4. The molecule has 0 aliphatic carbocycles. The Hall–Kier alpha value is -1.29. The predicted octanol–water partition coefficient (Wildman–Crippen LogP) is 1.91. The monoisotopic (exact) mass is 481 g/mol. The van der Waals surface area contributed by atoms with Crippen LogP contribution in [0.3, 0.4) is 0 Å². The van der Waals surface area contributed by atoms with Crippen molar-refractivity contribution in [2.45, 2.75) is 25.8 Å². The minimum Gasteiger partial charge on any atom is -0.476 e. The van der Waals surface area contributed by atoms with Gasteiger partial charge in [-0.15, -0.1) is 24.0 Å². The molecule has 1 saturated heterocycles. The predicted molar refractivity (Wildman–Crippen MR) is 110 cm³/mol. The molecule has 1 aromatic heterocycles. The van der Waals surface area contributed by atoms with Gasteiger partial charge in [0.25, 0.3) is 0 Å². The highest BCUT2D eigenvalue weighted by Crippen LogP contribution is 2.11. The summed E-state index contributed by atoms with van der Waals surface area (Å²) in [5, 5.41) is 7.11. The van der Waals surface area contributed by atoms with E-state index in [9.17, 15) is 4.79 Å². The second-order valence-electron chi connectivity index (χ2n) is 5.49. The van der Waals surface area contributed by atoms with E-state index in [4.69, 9.17) is 16.3 Å². The summed E-state index contributed by atoms with van der Waals surface area (Å²) in [7, 11) is 1.72. The number of aromatic nitrogens is 1. The largest absolute Gasteiger partial charge is 0.476 e. The third-order valence-electron chi connectivity index (χ3n) is 3.75. The van der Waals surface area contributed by atoms with Crippen LogP contribution in [-0.4, -0.2) is 61.1 Å². The molecular weight excluding hydrogens is 457 g/mol. The highest BCUT2D eigenvalue weighted by atomic mass is 127. The first-order valence-electron chi connectivity index (χ1n) is 8.11. The van der Waals surface area contributed by atoms with E-state index in [0.717, 1.165) is 19.5 Å². The smallest absolute Gasteiger partial charge is 0.222 e. The molecule has 9 heteroatoms. The molecule has 1 amide bonds. The van der Waals surface area contributed by atoms with Gasteiger partial charge in [-0.05, 0) is 12.5 Å². The molecule has 2 N–H and O–H groups in total. The summed E-state index contributed by atoms with van der Waals surface area (Å²) in [6, 6.07) is 3.69. The zero-order valence-electron chi connectivity index (χ0n) is 14.5. The fourth-order valence-electron chi connectivity index (χ4n) is 2.49. The molecule has 140 valence electrons. The maximum atomic E-state index is 11.7. The Bertz CT molecular complexity index is 570. The normalized spacial score (nSPS) is 17.0. The Labute approximate surface area is 170 Å². The maximum Gasteiger partial charge on any atom is 0.222 e. The Kier molecular flexibility index (Phi) is 9.88. The van der Waals surface area contributed by atoms with Crippen LogP contribution < -0.4 is 15.4 Å². The van der Waals surface area contributed by atoms with E-state index in [0.29, 0.717) is 36.4 Å². The van der Waals surface area contributed by atoms with Crippen LogP contribution in [0.5, 0.6) is 5.88 Å². The molecule has 0 saturated carbocycles. The van der Waals surface area contributed by atoms with Gasteiger partial charge in [0, 0.05) is 44.9 Å². The van der Waals surface area contributed by atoms with Gasteiger partial charge in [0.1, 0.15) is 6.61 Å². The highest BCUT2D eigenvalue weighted by Gasteiger charge is 2.25. The Morgan fingerprint density at radius 1 is 1.52 bits per heavy atom. The van der Waals surface area contributed by atoms with E-state index >= 15 is 0 Å². The summed E-state index contributed by atoms with van der Waals surface area (Å²) in [4.78, 5) is 21.9. The van der Waals surface area contributed by atoms with Crippen molar-refractivity contribution in [3.05, 3.63) is 23.4 Å². The third kappa shape index (κ3) is 7.23. The molecule has 1 aromatic rings. The number of amides is 1. The molecule has 1 unspecified atom stereocenters.